The van der Waals surface area contributed by atoms with Gasteiger partial charge in [-0.2, -0.15) is 10.4 Å². The molecule has 0 saturated carbocycles. The number of amides is 1. The van der Waals surface area contributed by atoms with Crippen LogP contribution in [0.25, 0.3) is 22.0 Å². The van der Waals surface area contributed by atoms with Crippen molar-refractivity contribution >= 4 is 16.7 Å². The van der Waals surface area contributed by atoms with Crippen LogP contribution in [0.2, 0.25) is 0 Å². The number of nitriles is 1. The van der Waals surface area contributed by atoms with Crippen LogP contribution in [-0.4, -0.2) is 33.7 Å². The number of nitrogens with zero attached hydrogens (tertiary/aromatic N) is 4. The number of fused-ring (bicyclic) bond motifs is 1. The van der Waals surface area contributed by atoms with Crippen molar-refractivity contribution in [3.8, 4) is 17.3 Å². The molecule has 0 fully saturated rings. The molecule has 26 heavy (non-hydrogen) atoms. The summed E-state index contributed by atoms with van der Waals surface area (Å²) in [6.45, 7) is 5.71. The number of aromatic nitrogens is 2. The fraction of sp³-hybridized carbons (Fsp3) is 0.286. The van der Waals surface area contributed by atoms with E-state index in [2.05, 4.69) is 23.3 Å². The average molecular weight is 346 g/mol. The van der Waals surface area contributed by atoms with Gasteiger partial charge >= 0.3 is 0 Å². The highest BCUT2D eigenvalue weighted by atomic mass is 16.2. The molecule has 1 heterocycles. The molecule has 0 aliphatic carbocycles. The van der Waals surface area contributed by atoms with Gasteiger partial charge in [0.1, 0.15) is 5.69 Å². The van der Waals surface area contributed by atoms with Crippen LogP contribution in [0, 0.1) is 11.3 Å². The SMILES string of the molecule is CCN(CC)C(=O)c1cn(CCC#N)nc1-c1cccc2ccccc12. The lowest BCUT2D eigenvalue weighted by atomic mass is 9.99. The monoisotopic (exact) mass is 346 g/mol. The van der Waals surface area contributed by atoms with Crippen LogP contribution in [0.5, 0.6) is 0 Å². The molecule has 0 unspecified atom stereocenters. The van der Waals surface area contributed by atoms with E-state index in [1.807, 2.05) is 44.2 Å². The molecule has 0 aliphatic heterocycles. The van der Waals surface area contributed by atoms with Crippen molar-refractivity contribution in [3.63, 3.8) is 0 Å². The van der Waals surface area contributed by atoms with Gasteiger partial charge < -0.3 is 4.90 Å². The van der Waals surface area contributed by atoms with Gasteiger partial charge in [0.2, 0.25) is 0 Å². The van der Waals surface area contributed by atoms with Crippen molar-refractivity contribution in [2.45, 2.75) is 26.8 Å². The third-order valence-corrected chi connectivity index (χ3v) is 4.54. The zero-order valence-electron chi connectivity index (χ0n) is 15.1. The third-order valence-electron chi connectivity index (χ3n) is 4.54. The van der Waals surface area contributed by atoms with Crippen molar-refractivity contribution < 1.29 is 4.79 Å². The molecule has 0 spiro atoms. The summed E-state index contributed by atoms with van der Waals surface area (Å²) in [7, 11) is 0. The second kappa shape index (κ2) is 7.83. The summed E-state index contributed by atoms with van der Waals surface area (Å²) in [6.07, 6.45) is 2.13. The molecule has 5 heteroatoms. The number of carbonyl (C=O) groups excluding carboxylic acids is 1. The highest BCUT2D eigenvalue weighted by Crippen LogP contribution is 2.30. The number of rotatable bonds is 6. The first kappa shape index (κ1) is 17.7. The number of hydrogen-bond acceptors (Lipinski definition) is 3. The van der Waals surface area contributed by atoms with Gasteiger partial charge in [0.25, 0.3) is 5.91 Å². The summed E-state index contributed by atoms with van der Waals surface area (Å²) < 4.78 is 1.71. The molecule has 0 saturated heterocycles. The van der Waals surface area contributed by atoms with E-state index < -0.39 is 0 Å². The first-order valence-electron chi connectivity index (χ1n) is 8.91. The summed E-state index contributed by atoms with van der Waals surface area (Å²) in [6, 6.07) is 16.3. The Balaban J connectivity index is 2.17. The second-order valence-electron chi connectivity index (χ2n) is 6.07. The maximum atomic E-state index is 13.0. The Labute approximate surface area is 153 Å². The zero-order valence-corrected chi connectivity index (χ0v) is 15.1. The third kappa shape index (κ3) is 3.31. The predicted octanol–water partition coefficient (Wildman–Crippen LogP) is 4.10. The number of hydrogen-bond donors (Lipinski definition) is 0. The summed E-state index contributed by atoms with van der Waals surface area (Å²) in [5.74, 6) is -0.0267. The number of benzene rings is 2. The first-order chi connectivity index (χ1) is 12.7. The minimum absolute atomic E-state index is 0.0267. The van der Waals surface area contributed by atoms with Crippen LogP contribution in [-0.2, 0) is 6.54 Å². The van der Waals surface area contributed by atoms with Gasteiger partial charge in [0.15, 0.2) is 0 Å². The second-order valence-corrected chi connectivity index (χ2v) is 6.07. The van der Waals surface area contributed by atoms with Crippen LogP contribution in [0.15, 0.2) is 48.7 Å². The van der Waals surface area contributed by atoms with Gasteiger partial charge in [-0.3, -0.25) is 9.48 Å². The van der Waals surface area contributed by atoms with Crippen LogP contribution < -0.4 is 0 Å². The minimum atomic E-state index is -0.0267. The Morgan fingerprint density at radius 2 is 1.88 bits per heavy atom. The molecular formula is C21H22N4O. The maximum absolute atomic E-state index is 13.0. The molecule has 1 aromatic heterocycles. The molecule has 132 valence electrons. The standard InChI is InChI=1S/C21H22N4O/c1-3-24(4-2)21(26)19-15-25(14-8-13-22)23-20(19)18-12-7-10-16-9-5-6-11-17(16)18/h5-7,9-12,15H,3-4,8,14H2,1-2H3. The number of carbonyl (C=O) groups is 1. The molecular weight excluding hydrogens is 324 g/mol. The van der Waals surface area contributed by atoms with E-state index in [1.165, 1.54) is 0 Å². The topological polar surface area (TPSA) is 61.9 Å². The maximum Gasteiger partial charge on any atom is 0.257 e. The number of aryl methyl sites for hydroxylation is 1. The fourth-order valence-electron chi connectivity index (χ4n) is 3.17. The van der Waals surface area contributed by atoms with E-state index in [1.54, 1.807) is 15.8 Å². The van der Waals surface area contributed by atoms with E-state index >= 15 is 0 Å². The van der Waals surface area contributed by atoms with Gasteiger partial charge in [-0.25, -0.2) is 0 Å². The molecule has 0 radical (unpaired) electrons. The van der Waals surface area contributed by atoms with E-state index in [0.29, 0.717) is 37.3 Å². The summed E-state index contributed by atoms with van der Waals surface area (Å²) in [4.78, 5) is 14.8. The Morgan fingerprint density at radius 1 is 1.15 bits per heavy atom. The van der Waals surface area contributed by atoms with Crippen molar-refractivity contribution in [2.75, 3.05) is 13.1 Å². The van der Waals surface area contributed by atoms with Crippen LogP contribution in [0.4, 0.5) is 0 Å². The van der Waals surface area contributed by atoms with E-state index in [0.717, 1.165) is 16.3 Å². The molecule has 0 N–H and O–H groups in total. The summed E-state index contributed by atoms with van der Waals surface area (Å²) >= 11 is 0. The van der Waals surface area contributed by atoms with Crippen molar-refractivity contribution in [3.05, 3.63) is 54.2 Å². The van der Waals surface area contributed by atoms with E-state index in [-0.39, 0.29) is 5.91 Å². The van der Waals surface area contributed by atoms with Crippen LogP contribution >= 0.6 is 0 Å². The Kier molecular flexibility index (Phi) is 5.33. The van der Waals surface area contributed by atoms with Crippen LogP contribution in [0.1, 0.15) is 30.6 Å². The molecule has 0 aliphatic rings. The quantitative estimate of drug-likeness (QED) is 0.675. The summed E-state index contributed by atoms with van der Waals surface area (Å²) in [5.41, 5.74) is 2.20. The van der Waals surface area contributed by atoms with E-state index in [4.69, 9.17) is 5.26 Å². The molecule has 0 atom stereocenters. The minimum Gasteiger partial charge on any atom is -0.339 e. The van der Waals surface area contributed by atoms with Gasteiger partial charge in [-0.05, 0) is 24.6 Å². The molecule has 3 aromatic rings. The van der Waals surface area contributed by atoms with Gasteiger partial charge in [0, 0.05) is 24.8 Å². The first-order valence-corrected chi connectivity index (χ1v) is 8.91. The molecule has 0 bridgehead atoms. The smallest absolute Gasteiger partial charge is 0.257 e. The molecule has 1 amide bonds. The normalized spacial score (nSPS) is 10.7. The Morgan fingerprint density at radius 3 is 2.62 bits per heavy atom. The van der Waals surface area contributed by atoms with Gasteiger partial charge in [0.05, 0.1) is 24.6 Å². The fourth-order valence-corrected chi connectivity index (χ4v) is 3.17. The Bertz CT molecular complexity index is 958. The molecule has 5 nitrogen and oxygen atoms in total. The lowest BCUT2D eigenvalue weighted by molar-refractivity contribution is 0.0773. The Hall–Kier alpha value is -3.13. The average Bonchev–Trinajstić information content (AvgIpc) is 3.10. The van der Waals surface area contributed by atoms with Crippen molar-refractivity contribution in [1.82, 2.24) is 14.7 Å². The van der Waals surface area contributed by atoms with E-state index in [9.17, 15) is 4.79 Å². The van der Waals surface area contributed by atoms with Crippen molar-refractivity contribution in [2.24, 2.45) is 0 Å². The lowest BCUT2D eigenvalue weighted by Crippen LogP contribution is -2.30. The zero-order chi connectivity index (χ0) is 18.5. The largest absolute Gasteiger partial charge is 0.339 e. The lowest BCUT2D eigenvalue weighted by Gasteiger charge is -2.18. The highest BCUT2D eigenvalue weighted by Gasteiger charge is 2.22. The summed E-state index contributed by atoms with van der Waals surface area (Å²) in [5, 5.41) is 15.7. The predicted molar refractivity (Wildman–Crippen MR) is 103 cm³/mol. The van der Waals surface area contributed by atoms with Crippen LogP contribution in [0.3, 0.4) is 0 Å². The van der Waals surface area contributed by atoms with Crippen molar-refractivity contribution in [1.29, 1.82) is 5.26 Å². The van der Waals surface area contributed by atoms with Gasteiger partial charge in [-0.15, -0.1) is 0 Å². The highest BCUT2D eigenvalue weighted by molar-refractivity contribution is 6.04. The molecule has 3 rings (SSSR count). The van der Waals surface area contributed by atoms with Gasteiger partial charge in [-0.1, -0.05) is 42.5 Å². The molecule has 2 aromatic carbocycles.